The topological polar surface area (TPSA) is 61.8 Å². The standard InChI is InChI=1S/C16H26N2O3/c1-5-18(11-16(20)17-12(3)4)10-13-7-8-14(19)15(9-13)21-6-2/h7-9,12,19H,5-6,10-11H2,1-4H3,(H,17,20). The second-order valence-electron chi connectivity index (χ2n) is 5.26. The minimum Gasteiger partial charge on any atom is -0.504 e. The molecule has 0 aliphatic rings. The first-order valence-corrected chi connectivity index (χ1v) is 7.42. The molecule has 0 heterocycles. The Kier molecular flexibility index (Phi) is 7.02. The summed E-state index contributed by atoms with van der Waals surface area (Å²) in [6.07, 6.45) is 0. The second-order valence-corrected chi connectivity index (χ2v) is 5.26. The number of hydrogen-bond donors (Lipinski definition) is 2. The third-order valence-electron chi connectivity index (χ3n) is 2.99. The average Bonchev–Trinajstić information content (AvgIpc) is 2.41. The molecular weight excluding hydrogens is 268 g/mol. The number of carbonyl (C=O) groups excluding carboxylic acids is 1. The zero-order valence-corrected chi connectivity index (χ0v) is 13.3. The summed E-state index contributed by atoms with van der Waals surface area (Å²) in [5.74, 6) is 0.648. The smallest absolute Gasteiger partial charge is 0.234 e. The Morgan fingerprint density at radius 2 is 2.10 bits per heavy atom. The van der Waals surface area contributed by atoms with Crippen LogP contribution in [0.3, 0.4) is 0 Å². The molecule has 0 aromatic heterocycles. The van der Waals surface area contributed by atoms with E-state index in [9.17, 15) is 9.90 Å². The largest absolute Gasteiger partial charge is 0.504 e. The van der Waals surface area contributed by atoms with Gasteiger partial charge in [-0.2, -0.15) is 0 Å². The number of amides is 1. The van der Waals surface area contributed by atoms with E-state index in [0.29, 0.717) is 25.4 Å². The van der Waals surface area contributed by atoms with Gasteiger partial charge in [0.05, 0.1) is 13.2 Å². The fraction of sp³-hybridized carbons (Fsp3) is 0.562. The van der Waals surface area contributed by atoms with Crippen LogP contribution in [0.5, 0.6) is 11.5 Å². The Morgan fingerprint density at radius 1 is 1.38 bits per heavy atom. The van der Waals surface area contributed by atoms with Crippen molar-refractivity contribution in [3.8, 4) is 11.5 Å². The number of nitrogens with zero attached hydrogens (tertiary/aromatic N) is 1. The van der Waals surface area contributed by atoms with Gasteiger partial charge in [-0.25, -0.2) is 0 Å². The third kappa shape index (κ3) is 6.04. The van der Waals surface area contributed by atoms with Crippen molar-refractivity contribution in [2.75, 3.05) is 19.7 Å². The molecule has 0 saturated carbocycles. The maximum atomic E-state index is 11.8. The van der Waals surface area contributed by atoms with Crippen LogP contribution >= 0.6 is 0 Å². The van der Waals surface area contributed by atoms with Crippen LogP contribution in [0.25, 0.3) is 0 Å². The van der Waals surface area contributed by atoms with Gasteiger partial charge >= 0.3 is 0 Å². The molecule has 0 radical (unpaired) electrons. The van der Waals surface area contributed by atoms with Crippen molar-refractivity contribution in [2.45, 2.75) is 40.3 Å². The summed E-state index contributed by atoms with van der Waals surface area (Å²) in [6, 6.07) is 5.44. The van der Waals surface area contributed by atoms with Crippen LogP contribution in [0.15, 0.2) is 18.2 Å². The molecule has 5 heteroatoms. The normalized spacial score (nSPS) is 11.0. The van der Waals surface area contributed by atoms with Crippen LogP contribution in [0.1, 0.15) is 33.3 Å². The van der Waals surface area contributed by atoms with Gasteiger partial charge in [0.25, 0.3) is 0 Å². The lowest BCUT2D eigenvalue weighted by Crippen LogP contribution is -2.39. The quantitative estimate of drug-likeness (QED) is 0.771. The molecule has 0 saturated heterocycles. The van der Waals surface area contributed by atoms with Gasteiger partial charge in [0.1, 0.15) is 0 Å². The number of ether oxygens (including phenoxy) is 1. The number of phenolic OH excluding ortho intramolecular Hbond substituents is 1. The molecule has 1 rings (SSSR count). The Morgan fingerprint density at radius 3 is 2.67 bits per heavy atom. The van der Waals surface area contributed by atoms with E-state index in [0.717, 1.165) is 12.1 Å². The minimum absolute atomic E-state index is 0.0238. The molecule has 0 aliphatic carbocycles. The number of phenols is 1. The van der Waals surface area contributed by atoms with Crippen molar-refractivity contribution >= 4 is 5.91 Å². The molecule has 0 unspecified atom stereocenters. The fourth-order valence-corrected chi connectivity index (χ4v) is 2.04. The summed E-state index contributed by atoms with van der Waals surface area (Å²) in [4.78, 5) is 13.9. The predicted octanol–water partition coefficient (Wildman–Crippen LogP) is 2.14. The summed E-state index contributed by atoms with van der Waals surface area (Å²) in [7, 11) is 0. The second kappa shape index (κ2) is 8.52. The number of nitrogens with one attached hydrogen (secondary N) is 1. The summed E-state index contributed by atoms with van der Waals surface area (Å²) in [5, 5.41) is 12.6. The average molecular weight is 294 g/mol. The highest BCUT2D eigenvalue weighted by Crippen LogP contribution is 2.27. The molecular formula is C16H26N2O3. The first-order chi connectivity index (χ1) is 9.96. The number of benzene rings is 1. The van der Waals surface area contributed by atoms with Gasteiger partial charge in [0, 0.05) is 12.6 Å². The zero-order valence-electron chi connectivity index (χ0n) is 13.3. The molecule has 0 bridgehead atoms. The highest BCUT2D eigenvalue weighted by Gasteiger charge is 2.12. The fourth-order valence-electron chi connectivity index (χ4n) is 2.04. The molecule has 1 aromatic carbocycles. The lowest BCUT2D eigenvalue weighted by Gasteiger charge is -2.21. The molecule has 5 nitrogen and oxygen atoms in total. The highest BCUT2D eigenvalue weighted by molar-refractivity contribution is 5.78. The molecule has 0 fully saturated rings. The van der Waals surface area contributed by atoms with E-state index in [1.54, 1.807) is 6.07 Å². The molecule has 1 amide bonds. The molecule has 0 spiro atoms. The van der Waals surface area contributed by atoms with Crippen molar-refractivity contribution < 1.29 is 14.6 Å². The third-order valence-corrected chi connectivity index (χ3v) is 2.99. The van der Waals surface area contributed by atoms with Crippen molar-refractivity contribution in [1.29, 1.82) is 0 Å². The highest BCUT2D eigenvalue weighted by atomic mass is 16.5. The van der Waals surface area contributed by atoms with Crippen LogP contribution in [0.4, 0.5) is 0 Å². The Balaban J connectivity index is 2.68. The van der Waals surface area contributed by atoms with Gasteiger partial charge in [-0.05, 0) is 45.0 Å². The number of likely N-dealkylation sites (N-methyl/N-ethyl adjacent to an activating group) is 1. The molecule has 21 heavy (non-hydrogen) atoms. The number of rotatable bonds is 8. The van der Waals surface area contributed by atoms with Crippen LogP contribution in [-0.4, -0.2) is 41.7 Å². The molecule has 0 atom stereocenters. The van der Waals surface area contributed by atoms with Gasteiger partial charge in [-0.15, -0.1) is 0 Å². The molecule has 0 aliphatic heterocycles. The number of aromatic hydroxyl groups is 1. The first kappa shape index (κ1) is 17.3. The van der Waals surface area contributed by atoms with Crippen LogP contribution in [-0.2, 0) is 11.3 Å². The van der Waals surface area contributed by atoms with Crippen molar-refractivity contribution in [3.63, 3.8) is 0 Å². The zero-order chi connectivity index (χ0) is 15.8. The van der Waals surface area contributed by atoms with E-state index in [-0.39, 0.29) is 17.7 Å². The van der Waals surface area contributed by atoms with Gasteiger partial charge in [0.15, 0.2) is 11.5 Å². The lowest BCUT2D eigenvalue weighted by atomic mass is 10.2. The summed E-state index contributed by atoms with van der Waals surface area (Å²) in [5.41, 5.74) is 1.01. The monoisotopic (exact) mass is 294 g/mol. The van der Waals surface area contributed by atoms with E-state index in [1.165, 1.54) is 0 Å². The summed E-state index contributed by atoms with van der Waals surface area (Å²) < 4.78 is 5.38. The minimum atomic E-state index is 0.0238. The van der Waals surface area contributed by atoms with Gasteiger partial charge in [-0.3, -0.25) is 9.69 Å². The van der Waals surface area contributed by atoms with Gasteiger partial charge < -0.3 is 15.2 Å². The van der Waals surface area contributed by atoms with Crippen LogP contribution in [0.2, 0.25) is 0 Å². The van der Waals surface area contributed by atoms with Crippen LogP contribution < -0.4 is 10.1 Å². The van der Waals surface area contributed by atoms with E-state index in [1.807, 2.05) is 44.7 Å². The molecule has 118 valence electrons. The van der Waals surface area contributed by atoms with E-state index in [4.69, 9.17) is 4.74 Å². The maximum Gasteiger partial charge on any atom is 0.234 e. The lowest BCUT2D eigenvalue weighted by molar-refractivity contribution is -0.122. The van der Waals surface area contributed by atoms with E-state index in [2.05, 4.69) is 5.32 Å². The Labute approximate surface area is 126 Å². The Hall–Kier alpha value is -1.75. The SMILES string of the molecule is CCOc1cc(CN(CC)CC(=O)NC(C)C)ccc1O. The van der Waals surface area contributed by atoms with Crippen molar-refractivity contribution in [3.05, 3.63) is 23.8 Å². The maximum absolute atomic E-state index is 11.8. The number of carbonyl (C=O) groups is 1. The van der Waals surface area contributed by atoms with E-state index < -0.39 is 0 Å². The van der Waals surface area contributed by atoms with E-state index >= 15 is 0 Å². The van der Waals surface area contributed by atoms with Gasteiger partial charge in [-0.1, -0.05) is 13.0 Å². The molecule has 2 N–H and O–H groups in total. The van der Waals surface area contributed by atoms with Crippen molar-refractivity contribution in [1.82, 2.24) is 10.2 Å². The predicted molar refractivity (Wildman–Crippen MR) is 83.5 cm³/mol. The summed E-state index contributed by atoms with van der Waals surface area (Å²) >= 11 is 0. The summed E-state index contributed by atoms with van der Waals surface area (Å²) in [6.45, 7) is 10.1. The molecule has 1 aromatic rings. The number of hydrogen-bond acceptors (Lipinski definition) is 4. The van der Waals surface area contributed by atoms with Crippen LogP contribution in [0, 0.1) is 0 Å². The first-order valence-electron chi connectivity index (χ1n) is 7.42. The Bertz CT molecular complexity index is 461. The van der Waals surface area contributed by atoms with Crippen molar-refractivity contribution in [2.24, 2.45) is 0 Å². The van der Waals surface area contributed by atoms with Gasteiger partial charge in [0.2, 0.25) is 5.91 Å².